The molecule has 0 saturated heterocycles. The van der Waals surface area contributed by atoms with Gasteiger partial charge in [-0.05, 0) is 48.2 Å². The summed E-state index contributed by atoms with van der Waals surface area (Å²) < 4.78 is 24.7. The summed E-state index contributed by atoms with van der Waals surface area (Å²) in [6, 6.07) is 21.2. The molecule has 0 unspecified atom stereocenters. The highest BCUT2D eigenvalue weighted by Crippen LogP contribution is 2.40. The fraction of sp³-hybridized carbons (Fsp3) is 0.333. The normalized spacial score (nSPS) is 12.6. The van der Waals surface area contributed by atoms with Gasteiger partial charge in [0.2, 0.25) is 0 Å². The molecular formula is C33H36ClN3O5. The zero-order valence-electron chi connectivity index (χ0n) is 24.4. The minimum absolute atomic E-state index is 0.137. The van der Waals surface area contributed by atoms with Crippen LogP contribution in [-0.2, 0) is 32.6 Å². The second kappa shape index (κ2) is 13.2. The molecule has 0 aliphatic heterocycles. The fourth-order valence-corrected chi connectivity index (χ4v) is 5.12. The van der Waals surface area contributed by atoms with Gasteiger partial charge in [-0.2, -0.15) is 5.10 Å². The van der Waals surface area contributed by atoms with Crippen LogP contribution in [0.4, 0.5) is 0 Å². The van der Waals surface area contributed by atoms with Crippen LogP contribution in [0.25, 0.3) is 0 Å². The van der Waals surface area contributed by atoms with Crippen LogP contribution in [0.2, 0.25) is 0 Å². The predicted molar refractivity (Wildman–Crippen MR) is 162 cm³/mol. The zero-order valence-corrected chi connectivity index (χ0v) is 25.2. The predicted octanol–water partition coefficient (Wildman–Crippen LogP) is 6.48. The number of para-hydroxylation sites is 1. The van der Waals surface area contributed by atoms with Gasteiger partial charge in [-0.15, -0.1) is 11.6 Å². The zero-order chi connectivity index (χ0) is 29.6. The van der Waals surface area contributed by atoms with Crippen molar-refractivity contribution in [2.75, 3.05) is 21.3 Å². The van der Waals surface area contributed by atoms with Crippen LogP contribution in [0, 0.1) is 0 Å². The number of amides is 1. The number of aromatic nitrogens is 2. The molecule has 42 heavy (non-hydrogen) atoms. The van der Waals surface area contributed by atoms with Crippen LogP contribution in [0.15, 0.2) is 66.7 Å². The number of hydrogen-bond acceptors (Lipinski definition) is 6. The Morgan fingerprint density at radius 2 is 1.64 bits per heavy atom. The number of benzene rings is 3. The van der Waals surface area contributed by atoms with Gasteiger partial charge in [-0.25, -0.2) is 0 Å². The summed E-state index contributed by atoms with van der Waals surface area (Å²) in [6.07, 6.45) is 2.22. The average molecular weight is 590 g/mol. The summed E-state index contributed by atoms with van der Waals surface area (Å²) in [5.41, 5.74) is 5.24. The Morgan fingerprint density at radius 3 is 2.31 bits per heavy atom. The van der Waals surface area contributed by atoms with Crippen molar-refractivity contribution in [3.8, 4) is 23.0 Å². The first-order valence-electron chi connectivity index (χ1n) is 13.9. The van der Waals surface area contributed by atoms with Crippen molar-refractivity contribution in [2.24, 2.45) is 7.05 Å². The van der Waals surface area contributed by atoms with Crippen molar-refractivity contribution >= 4 is 17.5 Å². The molecule has 1 aromatic heterocycles. The summed E-state index contributed by atoms with van der Waals surface area (Å²) in [4.78, 5) is 15.9. The third kappa shape index (κ3) is 6.65. The number of hydrogen-bond donors (Lipinski definition) is 0. The minimum atomic E-state index is -0.137. The van der Waals surface area contributed by atoms with Gasteiger partial charge in [0.15, 0.2) is 11.5 Å². The highest BCUT2D eigenvalue weighted by atomic mass is 35.5. The Morgan fingerprint density at radius 1 is 0.905 bits per heavy atom. The van der Waals surface area contributed by atoms with Gasteiger partial charge in [0.05, 0.1) is 40.1 Å². The molecule has 9 heteroatoms. The van der Waals surface area contributed by atoms with Gasteiger partial charge < -0.3 is 23.8 Å². The lowest BCUT2D eigenvalue weighted by molar-refractivity contribution is 0.0716. The maximum atomic E-state index is 14.1. The largest absolute Gasteiger partial charge is 0.497 e. The van der Waals surface area contributed by atoms with Crippen LogP contribution in [0.3, 0.4) is 0 Å². The number of aryl methyl sites for hydroxylation is 1. The van der Waals surface area contributed by atoms with E-state index in [1.807, 2.05) is 73.8 Å². The minimum Gasteiger partial charge on any atom is -0.497 e. The van der Waals surface area contributed by atoms with E-state index in [4.69, 9.17) is 30.5 Å². The SMILES string of the molecule is COc1ccc(CN(Cc2cccc(OCc3ccc(CCl)cc3)c2OC)C(=O)c2cc(C3CC3)nn2C)c(OC)c1. The molecule has 0 spiro atoms. The molecule has 1 aliphatic rings. The van der Waals surface area contributed by atoms with E-state index in [1.165, 1.54) is 0 Å². The van der Waals surface area contributed by atoms with Gasteiger partial charge in [0.25, 0.3) is 5.91 Å². The molecule has 0 bridgehead atoms. The van der Waals surface area contributed by atoms with E-state index in [2.05, 4.69) is 5.10 Å². The van der Waals surface area contributed by atoms with Gasteiger partial charge in [-0.3, -0.25) is 9.48 Å². The molecule has 5 rings (SSSR count). The molecule has 1 fully saturated rings. The molecule has 1 amide bonds. The fourth-order valence-electron chi connectivity index (χ4n) is 4.94. The standard InChI is InChI=1S/C33H36ClN3O5/c1-36-29(17-28(35-36)24-12-13-24)33(38)37(19-25-14-15-27(39-2)16-31(25)40-3)20-26-6-5-7-30(32(26)41-4)42-21-23-10-8-22(18-34)9-11-23/h5-11,14-17,24H,12-13,18-21H2,1-4H3. The van der Waals surface area contributed by atoms with Crippen LogP contribution in [0.1, 0.15) is 57.2 Å². The molecule has 3 aromatic carbocycles. The quantitative estimate of drug-likeness (QED) is 0.166. The van der Waals surface area contributed by atoms with E-state index in [0.29, 0.717) is 53.6 Å². The lowest BCUT2D eigenvalue weighted by atomic mass is 10.1. The summed E-state index contributed by atoms with van der Waals surface area (Å²) in [5.74, 6) is 3.27. The number of methoxy groups -OCH3 is 3. The Kier molecular flexibility index (Phi) is 9.22. The third-order valence-electron chi connectivity index (χ3n) is 7.45. The molecule has 1 heterocycles. The van der Waals surface area contributed by atoms with Crippen LogP contribution in [0.5, 0.6) is 23.0 Å². The van der Waals surface area contributed by atoms with Crippen LogP contribution >= 0.6 is 11.6 Å². The third-order valence-corrected chi connectivity index (χ3v) is 7.76. The summed E-state index contributed by atoms with van der Waals surface area (Å²) in [6.45, 7) is 0.951. The van der Waals surface area contributed by atoms with Crippen molar-refractivity contribution in [1.82, 2.24) is 14.7 Å². The van der Waals surface area contributed by atoms with E-state index >= 15 is 0 Å². The summed E-state index contributed by atoms with van der Waals surface area (Å²) in [5, 5.41) is 4.63. The Bertz CT molecular complexity index is 1530. The molecule has 1 aliphatic carbocycles. The molecule has 1 saturated carbocycles. The molecule has 0 atom stereocenters. The first-order chi connectivity index (χ1) is 20.4. The highest BCUT2D eigenvalue weighted by Gasteiger charge is 2.30. The van der Waals surface area contributed by atoms with Gasteiger partial charge in [0, 0.05) is 36.0 Å². The number of halogens is 1. The second-order valence-corrected chi connectivity index (χ2v) is 10.6. The van der Waals surface area contributed by atoms with E-state index in [1.54, 1.807) is 30.9 Å². The number of ether oxygens (including phenoxy) is 4. The molecule has 0 radical (unpaired) electrons. The van der Waals surface area contributed by atoms with Gasteiger partial charge in [-0.1, -0.05) is 36.4 Å². The molecule has 0 N–H and O–H groups in total. The Hall–Kier alpha value is -4.17. The first kappa shape index (κ1) is 29.3. The van der Waals surface area contributed by atoms with Crippen molar-refractivity contribution in [3.63, 3.8) is 0 Å². The summed E-state index contributed by atoms with van der Waals surface area (Å²) in [7, 11) is 6.66. The molecule has 4 aromatic rings. The maximum absolute atomic E-state index is 14.1. The van der Waals surface area contributed by atoms with Crippen molar-refractivity contribution in [1.29, 1.82) is 0 Å². The lowest BCUT2D eigenvalue weighted by Crippen LogP contribution is -2.32. The molecule has 8 nitrogen and oxygen atoms in total. The van der Waals surface area contributed by atoms with E-state index in [9.17, 15) is 4.79 Å². The number of alkyl halides is 1. The molecule has 220 valence electrons. The van der Waals surface area contributed by atoms with E-state index in [0.717, 1.165) is 40.8 Å². The average Bonchev–Trinajstić information content (AvgIpc) is 3.80. The van der Waals surface area contributed by atoms with Crippen LogP contribution < -0.4 is 18.9 Å². The van der Waals surface area contributed by atoms with Crippen molar-refractivity contribution in [2.45, 2.75) is 44.3 Å². The molecular weight excluding hydrogens is 554 g/mol. The Labute approximate surface area is 251 Å². The van der Waals surface area contributed by atoms with E-state index in [-0.39, 0.29) is 12.5 Å². The number of carbonyl (C=O) groups excluding carboxylic acids is 1. The number of rotatable bonds is 13. The summed E-state index contributed by atoms with van der Waals surface area (Å²) >= 11 is 5.93. The van der Waals surface area contributed by atoms with E-state index < -0.39 is 0 Å². The lowest BCUT2D eigenvalue weighted by Gasteiger charge is -2.25. The topological polar surface area (TPSA) is 75.0 Å². The van der Waals surface area contributed by atoms with Crippen molar-refractivity contribution < 1.29 is 23.7 Å². The number of nitrogens with zero attached hydrogens (tertiary/aromatic N) is 3. The van der Waals surface area contributed by atoms with Crippen molar-refractivity contribution in [3.05, 3.63) is 100 Å². The second-order valence-electron chi connectivity index (χ2n) is 10.4. The first-order valence-corrected chi connectivity index (χ1v) is 14.4. The smallest absolute Gasteiger partial charge is 0.272 e. The highest BCUT2D eigenvalue weighted by molar-refractivity contribution is 6.17. The van der Waals surface area contributed by atoms with Gasteiger partial charge in [0.1, 0.15) is 23.8 Å². The monoisotopic (exact) mass is 589 g/mol. The maximum Gasteiger partial charge on any atom is 0.272 e. The Balaban J connectivity index is 1.44. The van der Waals surface area contributed by atoms with Crippen LogP contribution in [-0.4, -0.2) is 41.9 Å². The van der Waals surface area contributed by atoms with Gasteiger partial charge >= 0.3 is 0 Å². The number of carbonyl (C=O) groups is 1.